The molecule has 3 rings (SSSR count). The molecule has 2 atom stereocenters. The Morgan fingerprint density at radius 3 is 2.66 bits per heavy atom. The van der Waals surface area contributed by atoms with E-state index in [1.54, 1.807) is 6.07 Å². The fraction of sp³-hybridized carbons (Fsp3) is 0.700. The molecular weight excluding hydrogens is 374 g/mol. The average Bonchev–Trinajstić information content (AvgIpc) is 3.13. The summed E-state index contributed by atoms with van der Waals surface area (Å²) in [5, 5.41) is 34.7. The Balaban J connectivity index is 1.82. The van der Waals surface area contributed by atoms with Crippen molar-refractivity contribution in [2.75, 3.05) is 5.32 Å². The summed E-state index contributed by atoms with van der Waals surface area (Å²) in [6.45, 7) is 8.37. The summed E-state index contributed by atoms with van der Waals surface area (Å²) < 4.78 is 4.77. The fourth-order valence-electron chi connectivity index (χ4n) is 4.69. The van der Waals surface area contributed by atoms with Crippen molar-refractivity contribution in [3.63, 3.8) is 0 Å². The molecule has 2 N–H and O–H groups in total. The number of nitro benzene ring substituents is 1. The molecule has 0 aliphatic carbocycles. The Morgan fingerprint density at radius 2 is 1.97 bits per heavy atom. The Hall–Kier alpha value is -2.26. The number of non-ortho nitro benzene ring substituents is 1. The van der Waals surface area contributed by atoms with E-state index < -0.39 is 10.5 Å². The third kappa shape index (κ3) is 4.35. The van der Waals surface area contributed by atoms with Crippen molar-refractivity contribution in [2.24, 2.45) is 0 Å². The number of hydrogen-bond acceptors (Lipinski definition) is 8. The first-order valence-corrected chi connectivity index (χ1v) is 10.3. The Bertz CT molecular complexity index is 868. The van der Waals surface area contributed by atoms with Crippen LogP contribution in [0.1, 0.15) is 72.6 Å². The van der Waals surface area contributed by atoms with Crippen molar-refractivity contribution in [1.82, 2.24) is 15.4 Å². The van der Waals surface area contributed by atoms with Gasteiger partial charge in [0.25, 0.3) is 0 Å². The number of fused-ring (bicyclic) bond motifs is 1. The summed E-state index contributed by atoms with van der Waals surface area (Å²) in [6.07, 6.45) is 6.99. The molecule has 0 spiro atoms. The van der Waals surface area contributed by atoms with E-state index in [0.717, 1.165) is 32.1 Å². The zero-order valence-corrected chi connectivity index (χ0v) is 17.6. The zero-order chi connectivity index (χ0) is 21.2. The van der Waals surface area contributed by atoms with Crippen LogP contribution in [0.2, 0.25) is 0 Å². The van der Waals surface area contributed by atoms with Gasteiger partial charge in [-0.1, -0.05) is 32.6 Å². The molecular formula is C20H31N5O4. The van der Waals surface area contributed by atoms with Crippen LogP contribution < -0.4 is 5.32 Å². The number of hydrogen-bond donors (Lipinski definition) is 2. The van der Waals surface area contributed by atoms with Crippen molar-refractivity contribution in [3.8, 4) is 0 Å². The molecule has 0 amide bonds. The van der Waals surface area contributed by atoms with E-state index >= 15 is 0 Å². The Labute approximate surface area is 170 Å². The van der Waals surface area contributed by atoms with Gasteiger partial charge >= 0.3 is 5.69 Å². The largest absolute Gasteiger partial charge is 0.380 e. The summed E-state index contributed by atoms with van der Waals surface area (Å²) in [7, 11) is 0. The van der Waals surface area contributed by atoms with E-state index in [-0.39, 0.29) is 22.8 Å². The van der Waals surface area contributed by atoms with Crippen LogP contribution in [0.5, 0.6) is 0 Å². The van der Waals surface area contributed by atoms with Crippen LogP contribution in [0.4, 0.5) is 11.4 Å². The van der Waals surface area contributed by atoms with E-state index in [0.29, 0.717) is 11.2 Å². The van der Waals surface area contributed by atoms with Crippen LogP contribution in [-0.2, 0) is 0 Å². The van der Waals surface area contributed by atoms with Gasteiger partial charge in [0, 0.05) is 23.2 Å². The molecule has 29 heavy (non-hydrogen) atoms. The van der Waals surface area contributed by atoms with E-state index in [1.807, 2.05) is 13.8 Å². The first-order chi connectivity index (χ1) is 13.7. The highest BCUT2D eigenvalue weighted by atomic mass is 16.6. The predicted octanol–water partition coefficient (Wildman–Crippen LogP) is 4.90. The van der Waals surface area contributed by atoms with Gasteiger partial charge in [0.1, 0.15) is 0 Å². The van der Waals surface area contributed by atoms with Gasteiger partial charge in [-0.3, -0.25) is 10.1 Å². The first-order valence-electron chi connectivity index (χ1n) is 10.3. The lowest BCUT2D eigenvalue weighted by molar-refractivity contribution is -0.383. The van der Waals surface area contributed by atoms with E-state index in [9.17, 15) is 15.3 Å². The second-order valence-electron chi connectivity index (χ2n) is 9.03. The third-order valence-corrected chi connectivity index (χ3v) is 6.04. The molecule has 2 aromatic rings. The summed E-state index contributed by atoms with van der Waals surface area (Å²) in [4.78, 5) is 10.7. The standard InChI is InChI=1S/C20H31N5O4/c1-5-6-7-8-11-20(4)13-14(12-19(2,3)25(20)28)21-15-9-10-16(24(26)27)18-17(15)22-29-23-18/h9-10,14,21,28H,5-8,11-13H2,1-4H3. The quantitative estimate of drug-likeness (QED) is 0.361. The van der Waals surface area contributed by atoms with Gasteiger partial charge in [-0.25, -0.2) is 4.63 Å². The molecule has 2 heterocycles. The topological polar surface area (TPSA) is 118 Å². The number of piperidine rings is 1. The second-order valence-corrected chi connectivity index (χ2v) is 9.03. The van der Waals surface area contributed by atoms with Crippen molar-refractivity contribution in [2.45, 2.75) is 89.8 Å². The van der Waals surface area contributed by atoms with Gasteiger partial charge < -0.3 is 10.5 Å². The smallest absolute Gasteiger partial charge is 0.300 e. The minimum atomic E-state index is -0.489. The van der Waals surface area contributed by atoms with Crippen molar-refractivity contribution < 1.29 is 14.8 Å². The van der Waals surface area contributed by atoms with Crippen LogP contribution in [0.3, 0.4) is 0 Å². The molecule has 9 heteroatoms. The van der Waals surface area contributed by atoms with Crippen LogP contribution >= 0.6 is 0 Å². The van der Waals surface area contributed by atoms with E-state index in [4.69, 9.17) is 4.63 Å². The highest BCUT2D eigenvalue weighted by molar-refractivity contribution is 5.93. The highest BCUT2D eigenvalue weighted by Crippen LogP contribution is 2.41. The minimum Gasteiger partial charge on any atom is -0.380 e. The van der Waals surface area contributed by atoms with Gasteiger partial charge in [-0.05, 0) is 56.4 Å². The Kier molecular flexibility index (Phi) is 6.09. The van der Waals surface area contributed by atoms with Crippen molar-refractivity contribution in [1.29, 1.82) is 0 Å². The molecule has 0 radical (unpaired) electrons. The maximum atomic E-state index is 11.2. The fourth-order valence-corrected chi connectivity index (χ4v) is 4.69. The molecule has 1 aliphatic rings. The van der Waals surface area contributed by atoms with Crippen LogP contribution in [0, 0.1) is 10.1 Å². The zero-order valence-electron chi connectivity index (χ0n) is 17.6. The number of benzene rings is 1. The summed E-state index contributed by atoms with van der Waals surface area (Å²) in [5.41, 5.74) is 0.270. The molecule has 2 unspecified atom stereocenters. The number of unbranched alkanes of at least 4 members (excludes halogenated alkanes) is 3. The number of nitro groups is 1. The molecule has 1 aromatic heterocycles. The molecule has 9 nitrogen and oxygen atoms in total. The first kappa shape index (κ1) is 21.4. The number of hydroxylamine groups is 2. The van der Waals surface area contributed by atoms with E-state index in [2.05, 4.69) is 29.5 Å². The van der Waals surface area contributed by atoms with Gasteiger partial charge in [0.15, 0.2) is 5.52 Å². The number of anilines is 1. The van der Waals surface area contributed by atoms with Gasteiger partial charge in [-0.15, -0.1) is 0 Å². The van der Waals surface area contributed by atoms with Crippen LogP contribution in [0.15, 0.2) is 16.8 Å². The highest BCUT2D eigenvalue weighted by Gasteiger charge is 2.47. The third-order valence-electron chi connectivity index (χ3n) is 6.04. The monoisotopic (exact) mass is 405 g/mol. The van der Waals surface area contributed by atoms with Crippen molar-refractivity contribution >= 4 is 22.4 Å². The molecule has 1 saturated heterocycles. The molecule has 1 aromatic carbocycles. The van der Waals surface area contributed by atoms with Gasteiger partial charge in [0.2, 0.25) is 5.52 Å². The minimum absolute atomic E-state index is 0.0749. The van der Waals surface area contributed by atoms with Gasteiger partial charge in [-0.2, -0.15) is 5.06 Å². The summed E-state index contributed by atoms with van der Waals surface area (Å²) in [5.74, 6) is 0. The van der Waals surface area contributed by atoms with Crippen molar-refractivity contribution in [3.05, 3.63) is 22.2 Å². The van der Waals surface area contributed by atoms with E-state index in [1.165, 1.54) is 24.0 Å². The van der Waals surface area contributed by atoms with Crippen LogP contribution in [0.25, 0.3) is 11.0 Å². The summed E-state index contributed by atoms with van der Waals surface area (Å²) in [6, 6.07) is 3.15. The number of nitrogens with one attached hydrogen (secondary N) is 1. The molecule has 1 fully saturated rings. The number of nitrogens with zero attached hydrogens (tertiary/aromatic N) is 4. The number of rotatable bonds is 8. The lowest BCUT2D eigenvalue weighted by Gasteiger charge is -2.53. The number of aromatic nitrogens is 2. The maximum Gasteiger partial charge on any atom is 0.300 e. The van der Waals surface area contributed by atoms with Crippen LogP contribution in [-0.4, -0.2) is 42.6 Å². The SMILES string of the molecule is CCCCCCC1(C)CC(Nc2ccc([N+](=O)[O-])c3nonc23)CC(C)(C)N1O. The predicted molar refractivity (Wildman–Crippen MR) is 110 cm³/mol. The maximum absolute atomic E-state index is 11.2. The molecule has 0 bridgehead atoms. The second kappa shape index (κ2) is 8.23. The average molecular weight is 405 g/mol. The molecule has 0 saturated carbocycles. The lowest BCUT2D eigenvalue weighted by Crippen LogP contribution is -2.62. The molecule has 1 aliphatic heterocycles. The lowest BCUT2D eigenvalue weighted by atomic mass is 9.75. The summed E-state index contributed by atoms with van der Waals surface area (Å²) >= 11 is 0. The molecule has 160 valence electrons. The normalized spacial score (nSPS) is 24.7. The Morgan fingerprint density at radius 1 is 1.24 bits per heavy atom. The van der Waals surface area contributed by atoms with Gasteiger partial charge in [0.05, 0.1) is 10.6 Å².